The van der Waals surface area contributed by atoms with Crippen LogP contribution in [0.5, 0.6) is 11.5 Å². The average molecular weight is 384 g/mol. The molecule has 1 N–H and O–H groups in total. The van der Waals surface area contributed by atoms with Crippen molar-refractivity contribution in [3.8, 4) is 11.5 Å². The minimum absolute atomic E-state index is 0.00222. The summed E-state index contributed by atoms with van der Waals surface area (Å²) < 4.78 is 13.3. The number of ether oxygens (including phenoxy) is 2. The maximum atomic E-state index is 12.7. The Kier molecular flexibility index (Phi) is 5.41. The van der Waals surface area contributed by atoms with Crippen LogP contribution >= 0.6 is 0 Å². The minimum Gasteiger partial charge on any atom is -0.493 e. The summed E-state index contributed by atoms with van der Waals surface area (Å²) in [5, 5.41) is 7.52. The van der Waals surface area contributed by atoms with Gasteiger partial charge in [0.1, 0.15) is 6.61 Å². The normalized spacial score (nSPS) is 19.6. The molecule has 1 aromatic heterocycles. The van der Waals surface area contributed by atoms with Crippen LogP contribution in [0, 0.1) is 0 Å². The number of fused-ring (bicyclic) bond motifs is 1. The Morgan fingerprint density at radius 1 is 1.32 bits per heavy atom. The van der Waals surface area contributed by atoms with E-state index < -0.39 is 0 Å². The number of aromatic nitrogens is 2. The van der Waals surface area contributed by atoms with E-state index in [1.54, 1.807) is 7.11 Å². The summed E-state index contributed by atoms with van der Waals surface area (Å²) >= 11 is 0. The van der Waals surface area contributed by atoms with E-state index in [9.17, 15) is 4.79 Å². The molecule has 0 aliphatic carbocycles. The van der Waals surface area contributed by atoms with Crippen molar-refractivity contribution in [1.82, 2.24) is 20.0 Å². The lowest BCUT2D eigenvalue weighted by Gasteiger charge is -2.34. The molecule has 1 unspecified atom stereocenters. The fourth-order valence-corrected chi connectivity index (χ4v) is 4.25. The maximum absolute atomic E-state index is 12.7. The molecular formula is C21H28N4O3. The Balaban J connectivity index is 1.32. The molecule has 2 aliphatic rings. The summed E-state index contributed by atoms with van der Waals surface area (Å²) in [5.74, 6) is 2.02. The molecule has 0 radical (unpaired) electrons. The first-order valence-corrected chi connectivity index (χ1v) is 10.1. The van der Waals surface area contributed by atoms with E-state index >= 15 is 0 Å². The third kappa shape index (κ3) is 3.66. The number of carbonyl (C=O) groups excluding carboxylic acids is 1. The van der Waals surface area contributed by atoms with Gasteiger partial charge in [0.25, 0.3) is 0 Å². The van der Waals surface area contributed by atoms with Gasteiger partial charge in [-0.1, -0.05) is 12.1 Å². The Labute approximate surface area is 165 Å². The Bertz CT molecular complexity index is 827. The summed E-state index contributed by atoms with van der Waals surface area (Å²) in [6.07, 6.45) is 4.57. The average Bonchev–Trinajstić information content (AvgIpc) is 3.22. The third-order valence-electron chi connectivity index (χ3n) is 5.75. The maximum Gasteiger partial charge on any atom is 0.317 e. The lowest BCUT2D eigenvalue weighted by Crippen LogP contribution is -2.50. The predicted molar refractivity (Wildman–Crippen MR) is 106 cm³/mol. The number of methoxy groups -OCH3 is 1. The van der Waals surface area contributed by atoms with Crippen LogP contribution in [0.3, 0.4) is 0 Å². The molecule has 0 saturated carbocycles. The summed E-state index contributed by atoms with van der Waals surface area (Å²) in [7, 11) is 1.64. The van der Waals surface area contributed by atoms with E-state index in [2.05, 4.69) is 28.1 Å². The Hall–Kier alpha value is -2.70. The molecule has 1 atom stereocenters. The van der Waals surface area contributed by atoms with Crippen LogP contribution < -0.4 is 14.8 Å². The first kappa shape index (κ1) is 18.7. The number of hydrogen-bond acceptors (Lipinski definition) is 4. The first-order chi connectivity index (χ1) is 13.7. The van der Waals surface area contributed by atoms with Gasteiger partial charge < -0.3 is 19.7 Å². The molecule has 2 aromatic rings. The number of rotatable bonds is 4. The van der Waals surface area contributed by atoms with E-state index in [0.29, 0.717) is 12.5 Å². The number of carbonyl (C=O) groups is 1. The number of aryl methyl sites for hydroxylation is 1. The van der Waals surface area contributed by atoms with E-state index in [0.717, 1.165) is 56.0 Å². The van der Waals surface area contributed by atoms with Gasteiger partial charge in [-0.05, 0) is 38.3 Å². The van der Waals surface area contributed by atoms with E-state index in [1.807, 2.05) is 29.3 Å². The van der Waals surface area contributed by atoms with Gasteiger partial charge in [0.15, 0.2) is 11.5 Å². The number of hydrogen-bond donors (Lipinski definition) is 1. The van der Waals surface area contributed by atoms with E-state index in [4.69, 9.17) is 9.47 Å². The topological polar surface area (TPSA) is 68.6 Å². The van der Waals surface area contributed by atoms with Crippen LogP contribution in [-0.2, 0) is 13.0 Å². The molecule has 0 spiro atoms. The zero-order chi connectivity index (χ0) is 19.5. The molecule has 3 heterocycles. The number of likely N-dealkylation sites (tertiary alicyclic amines) is 1. The molecule has 1 saturated heterocycles. The number of para-hydroxylation sites is 1. The molecule has 4 rings (SSSR count). The van der Waals surface area contributed by atoms with Crippen molar-refractivity contribution in [2.75, 3.05) is 26.8 Å². The number of nitrogens with one attached hydrogen (secondary N) is 1. The van der Waals surface area contributed by atoms with Crippen molar-refractivity contribution in [3.05, 3.63) is 41.7 Å². The van der Waals surface area contributed by atoms with Gasteiger partial charge in [-0.3, -0.25) is 4.68 Å². The standard InChI is InChI=1S/C21H28N4O3/c1-3-25-18(7-10-22-25)15-8-11-24(12-9-15)21(26)23-17-13-16-5-4-6-19(27-2)20(16)28-14-17/h4-7,10,15,17H,3,8-9,11-14H2,1-2H3,(H,23,26). The number of nitrogens with zero attached hydrogens (tertiary/aromatic N) is 3. The number of benzene rings is 1. The molecule has 1 aromatic carbocycles. The van der Waals surface area contributed by atoms with Gasteiger partial charge in [0.05, 0.1) is 13.2 Å². The third-order valence-corrected chi connectivity index (χ3v) is 5.75. The fourth-order valence-electron chi connectivity index (χ4n) is 4.25. The van der Waals surface area contributed by atoms with Crippen molar-refractivity contribution >= 4 is 6.03 Å². The fraction of sp³-hybridized carbons (Fsp3) is 0.524. The first-order valence-electron chi connectivity index (χ1n) is 10.1. The van der Waals surface area contributed by atoms with Crippen molar-refractivity contribution in [3.63, 3.8) is 0 Å². The quantitative estimate of drug-likeness (QED) is 0.880. The van der Waals surface area contributed by atoms with Crippen LogP contribution in [0.1, 0.15) is 36.9 Å². The minimum atomic E-state index is -0.0219. The van der Waals surface area contributed by atoms with Gasteiger partial charge in [0.2, 0.25) is 0 Å². The smallest absolute Gasteiger partial charge is 0.317 e. The largest absolute Gasteiger partial charge is 0.493 e. The van der Waals surface area contributed by atoms with E-state index in [1.165, 1.54) is 5.69 Å². The van der Waals surface area contributed by atoms with Gasteiger partial charge in [-0.25, -0.2) is 4.79 Å². The zero-order valence-corrected chi connectivity index (χ0v) is 16.6. The lowest BCUT2D eigenvalue weighted by molar-refractivity contribution is 0.165. The van der Waals surface area contributed by atoms with Crippen molar-refractivity contribution in [2.24, 2.45) is 0 Å². The van der Waals surface area contributed by atoms with Crippen LogP contribution in [0.2, 0.25) is 0 Å². The Morgan fingerprint density at radius 3 is 2.89 bits per heavy atom. The van der Waals surface area contributed by atoms with Gasteiger partial charge in [-0.15, -0.1) is 0 Å². The van der Waals surface area contributed by atoms with Crippen LogP contribution in [-0.4, -0.2) is 53.6 Å². The molecule has 7 nitrogen and oxygen atoms in total. The molecule has 0 bridgehead atoms. The van der Waals surface area contributed by atoms with E-state index in [-0.39, 0.29) is 12.1 Å². The highest BCUT2D eigenvalue weighted by atomic mass is 16.5. The highest BCUT2D eigenvalue weighted by Crippen LogP contribution is 2.34. The molecule has 2 aliphatic heterocycles. The van der Waals surface area contributed by atoms with Gasteiger partial charge >= 0.3 is 6.03 Å². The molecule has 1 fully saturated rings. The van der Waals surface area contributed by atoms with Gasteiger partial charge in [-0.2, -0.15) is 5.10 Å². The molecule has 7 heteroatoms. The molecule has 28 heavy (non-hydrogen) atoms. The number of urea groups is 1. The molecule has 150 valence electrons. The SMILES string of the molecule is CCn1nccc1C1CCN(C(=O)NC2COc3c(cccc3OC)C2)CC1. The summed E-state index contributed by atoms with van der Waals surface area (Å²) in [5.41, 5.74) is 2.36. The monoisotopic (exact) mass is 384 g/mol. The highest BCUT2D eigenvalue weighted by molar-refractivity contribution is 5.74. The van der Waals surface area contributed by atoms with Crippen LogP contribution in [0.4, 0.5) is 4.79 Å². The van der Waals surface area contributed by atoms with Crippen LogP contribution in [0.15, 0.2) is 30.5 Å². The lowest BCUT2D eigenvalue weighted by atomic mass is 9.93. The number of amides is 2. The van der Waals surface area contributed by atoms with Crippen molar-refractivity contribution in [2.45, 2.75) is 44.7 Å². The molecule has 2 amide bonds. The van der Waals surface area contributed by atoms with Gasteiger partial charge in [0, 0.05) is 43.0 Å². The van der Waals surface area contributed by atoms with Crippen molar-refractivity contribution < 1.29 is 14.3 Å². The number of piperidine rings is 1. The second-order valence-corrected chi connectivity index (χ2v) is 7.44. The summed E-state index contributed by atoms with van der Waals surface area (Å²) in [4.78, 5) is 14.7. The summed E-state index contributed by atoms with van der Waals surface area (Å²) in [6.45, 7) is 4.99. The second-order valence-electron chi connectivity index (χ2n) is 7.44. The predicted octanol–water partition coefficient (Wildman–Crippen LogP) is 2.80. The zero-order valence-electron chi connectivity index (χ0n) is 16.6. The summed E-state index contributed by atoms with van der Waals surface area (Å²) in [6, 6.07) is 7.96. The van der Waals surface area contributed by atoms with Crippen molar-refractivity contribution in [1.29, 1.82) is 0 Å². The highest BCUT2D eigenvalue weighted by Gasteiger charge is 2.29. The van der Waals surface area contributed by atoms with Crippen LogP contribution in [0.25, 0.3) is 0 Å². The molecular weight excluding hydrogens is 356 g/mol. The Morgan fingerprint density at radius 2 is 2.14 bits per heavy atom. The second kappa shape index (κ2) is 8.12.